The molecule has 1 saturated heterocycles. The molecule has 0 saturated carbocycles. The number of ether oxygens (including phenoxy) is 1. The quantitative estimate of drug-likeness (QED) is 0.0948. The number of carbonyl (C=O) groups is 1. The van der Waals surface area contributed by atoms with E-state index in [1.54, 1.807) is 6.20 Å². The predicted molar refractivity (Wildman–Crippen MR) is 190 cm³/mol. The summed E-state index contributed by atoms with van der Waals surface area (Å²) in [6, 6.07) is 17.8. The van der Waals surface area contributed by atoms with Crippen LogP contribution in [-0.4, -0.2) is 46.8 Å². The van der Waals surface area contributed by atoms with Crippen LogP contribution in [-0.2, 0) is 29.1 Å². The Morgan fingerprint density at radius 3 is 2.75 bits per heavy atom. The van der Waals surface area contributed by atoms with Gasteiger partial charge in [0.15, 0.2) is 0 Å². The first-order chi connectivity index (χ1) is 23.4. The number of carbonyl (C=O) groups excluding carboxylic acids is 1. The second kappa shape index (κ2) is 17.0. The Labute approximate surface area is 287 Å². The van der Waals surface area contributed by atoms with Gasteiger partial charge < -0.3 is 25.8 Å². The molecular formula is C38H41ClN6O3. The summed E-state index contributed by atoms with van der Waals surface area (Å²) >= 11 is 6.66. The number of anilines is 2. The number of benzene rings is 2. The maximum Gasteiger partial charge on any atom is 0.323 e. The molecule has 1 aliphatic rings. The van der Waals surface area contributed by atoms with E-state index in [1.807, 2.05) is 67.7 Å². The van der Waals surface area contributed by atoms with E-state index in [-0.39, 0.29) is 25.2 Å². The van der Waals surface area contributed by atoms with Gasteiger partial charge >= 0.3 is 5.97 Å². The second-order valence-corrected chi connectivity index (χ2v) is 12.3. The molecule has 2 aromatic heterocycles. The molecule has 5 rings (SSSR count). The minimum absolute atomic E-state index is 0.0971. The summed E-state index contributed by atoms with van der Waals surface area (Å²) in [5, 5.41) is 29.4. The fourth-order valence-corrected chi connectivity index (χ4v) is 5.94. The lowest BCUT2D eigenvalue weighted by atomic mass is 9.95. The molecular weight excluding hydrogens is 624 g/mol. The number of aryl methyl sites for hydroxylation is 1. The molecule has 10 heteroatoms. The van der Waals surface area contributed by atoms with Crippen LogP contribution in [0.2, 0.25) is 5.02 Å². The maximum atomic E-state index is 12.5. The van der Waals surface area contributed by atoms with Gasteiger partial charge in [0, 0.05) is 36.2 Å². The van der Waals surface area contributed by atoms with Crippen molar-refractivity contribution in [3.63, 3.8) is 0 Å². The third-order valence-electron chi connectivity index (χ3n) is 8.55. The van der Waals surface area contributed by atoms with Gasteiger partial charge in [0.25, 0.3) is 0 Å². The number of hydrogen-bond donors (Lipinski definition) is 4. The van der Waals surface area contributed by atoms with Crippen molar-refractivity contribution in [1.82, 2.24) is 20.6 Å². The third-order valence-corrected chi connectivity index (χ3v) is 8.88. The van der Waals surface area contributed by atoms with Crippen molar-refractivity contribution >= 4 is 41.2 Å². The van der Waals surface area contributed by atoms with Crippen molar-refractivity contribution in [3.8, 4) is 6.07 Å². The Hall–Kier alpha value is -4.59. The highest BCUT2D eigenvalue weighted by Gasteiger charge is 2.22. The zero-order chi connectivity index (χ0) is 33.9. The summed E-state index contributed by atoms with van der Waals surface area (Å²) in [7, 11) is 0. The largest absolute Gasteiger partial charge is 0.460 e. The van der Waals surface area contributed by atoms with Crippen molar-refractivity contribution in [1.29, 1.82) is 5.26 Å². The number of nitrogens with one attached hydrogen (secondary N) is 3. The van der Waals surface area contributed by atoms with Gasteiger partial charge in [-0.3, -0.25) is 9.78 Å². The zero-order valence-corrected chi connectivity index (χ0v) is 28.1. The minimum atomic E-state index is -0.244. The van der Waals surface area contributed by atoms with E-state index in [2.05, 4.69) is 45.0 Å². The first-order valence-corrected chi connectivity index (χ1v) is 16.6. The van der Waals surface area contributed by atoms with Gasteiger partial charge in [-0.1, -0.05) is 48.4 Å². The number of nitrogens with zero attached hydrogens (tertiary/aromatic N) is 3. The fourth-order valence-electron chi connectivity index (χ4n) is 5.69. The Bertz CT molecular complexity index is 1800. The molecule has 1 aliphatic heterocycles. The molecule has 1 unspecified atom stereocenters. The standard InChI is InChI=1S/C38H41ClN6O3/c1-25-18-30(33(39)20-31(25)24-48-38(47)36-7-3-4-14-42-36)10-11-35-32(21-40)29(13-15-43-35)19-28-6-5-8-34(26(28)2)45-37-12-9-27(23-44-37)22-41-16-17-46/h5-6,8-13,15,18,20,23,36,41-42,46H,3-4,7,14,16-17,19,22,24H2,1-2H3,(H,44,45). The Kier molecular flexibility index (Phi) is 12.3. The first-order valence-electron chi connectivity index (χ1n) is 16.2. The fraction of sp³-hybridized carbons (Fsp3) is 0.316. The van der Waals surface area contributed by atoms with Crippen molar-refractivity contribution in [2.75, 3.05) is 25.0 Å². The third kappa shape index (κ3) is 9.06. The lowest BCUT2D eigenvalue weighted by Gasteiger charge is -2.22. The first kappa shape index (κ1) is 34.7. The van der Waals surface area contributed by atoms with E-state index in [0.29, 0.717) is 35.8 Å². The summed E-state index contributed by atoms with van der Waals surface area (Å²) in [5.74, 6) is 0.503. The SMILES string of the molecule is Cc1cc(C=Cc2nccc(Cc3cccc(Nc4ccc(CNCCO)cn4)c3C)c2C#N)c(Cl)cc1COC(=O)C1CCCCN1. The van der Waals surface area contributed by atoms with Gasteiger partial charge in [0.05, 0.1) is 17.9 Å². The van der Waals surface area contributed by atoms with Crippen LogP contribution in [0.1, 0.15) is 69.5 Å². The lowest BCUT2D eigenvalue weighted by molar-refractivity contribution is -0.148. The molecule has 9 nitrogen and oxygen atoms in total. The number of hydrogen-bond acceptors (Lipinski definition) is 9. The Balaban J connectivity index is 1.27. The Morgan fingerprint density at radius 2 is 2.00 bits per heavy atom. The highest BCUT2D eigenvalue weighted by molar-refractivity contribution is 6.32. The lowest BCUT2D eigenvalue weighted by Crippen LogP contribution is -2.41. The molecule has 3 heterocycles. The molecule has 1 atom stereocenters. The maximum absolute atomic E-state index is 12.5. The second-order valence-electron chi connectivity index (χ2n) is 11.9. The average molecular weight is 665 g/mol. The van der Waals surface area contributed by atoms with Crippen LogP contribution < -0.4 is 16.0 Å². The normalized spacial score (nSPS) is 14.5. The predicted octanol–water partition coefficient (Wildman–Crippen LogP) is 6.39. The number of pyridine rings is 2. The summed E-state index contributed by atoms with van der Waals surface area (Å²) in [6.45, 7) is 6.29. The number of aliphatic hydroxyl groups excluding tert-OH is 1. The molecule has 4 N–H and O–H groups in total. The molecule has 0 aliphatic carbocycles. The van der Waals surface area contributed by atoms with Crippen LogP contribution in [0.15, 0.2) is 60.9 Å². The van der Waals surface area contributed by atoms with Gasteiger partial charge in [-0.05, 0) is 109 Å². The van der Waals surface area contributed by atoms with Crippen molar-refractivity contribution in [2.45, 2.75) is 58.7 Å². The van der Waals surface area contributed by atoms with Crippen molar-refractivity contribution < 1.29 is 14.6 Å². The van der Waals surface area contributed by atoms with Crippen LogP contribution in [0.3, 0.4) is 0 Å². The number of rotatable bonds is 13. The van der Waals surface area contributed by atoms with Crippen LogP contribution in [0.5, 0.6) is 0 Å². The zero-order valence-electron chi connectivity index (χ0n) is 27.4. The highest BCUT2D eigenvalue weighted by Crippen LogP contribution is 2.28. The molecule has 4 aromatic rings. The molecule has 0 spiro atoms. The summed E-state index contributed by atoms with van der Waals surface area (Å²) in [5.41, 5.74) is 8.65. The number of piperidine rings is 1. The van der Waals surface area contributed by atoms with Gasteiger partial charge in [0.2, 0.25) is 0 Å². The number of nitriles is 1. The van der Waals surface area contributed by atoms with Gasteiger partial charge in [0.1, 0.15) is 24.5 Å². The molecule has 2 aromatic carbocycles. The number of aliphatic hydroxyl groups is 1. The molecule has 1 fully saturated rings. The van der Waals surface area contributed by atoms with Crippen LogP contribution in [0, 0.1) is 25.2 Å². The van der Waals surface area contributed by atoms with Crippen molar-refractivity contribution in [3.05, 3.63) is 116 Å². The molecule has 0 amide bonds. The number of halogens is 1. The van der Waals surface area contributed by atoms with E-state index < -0.39 is 0 Å². The van der Waals surface area contributed by atoms with E-state index >= 15 is 0 Å². The van der Waals surface area contributed by atoms with Gasteiger partial charge in [-0.2, -0.15) is 5.26 Å². The highest BCUT2D eigenvalue weighted by atomic mass is 35.5. The molecule has 248 valence electrons. The van der Waals surface area contributed by atoms with Gasteiger partial charge in [-0.25, -0.2) is 4.98 Å². The smallest absolute Gasteiger partial charge is 0.323 e. The van der Waals surface area contributed by atoms with E-state index in [4.69, 9.17) is 21.4 Å². The van der Waals surface area contributed by atoms with E-state index in [9.17, 15) is 10.1 Å². The average Bonchev–Trinajstić information content (AvgIpc) is 3.10. The molecule has 48 heavy (non-hydrogen) atoms. The topological polar surface area (TPSA) is 132 Å². The van der Waals surface area contributed by atoms with Gasteiger partial charge in [-0.15, -0.1) is 0 Å². The Morgan fingerprint density at radius 1 is 1.12 bits per heavy atom. The van der Waals surface area contributed by atoms with Crippen LogP contribution >= 0.6 is 11.6 Å². The summed E-state index contributed by atoms with van der Waals surface area (Å²) < 4.78 is 5.59. The number of aromatic nitrogens is 2. The number of esters is 1. The summed E-state index contributed by atoms with van der Waals surface area (Å²) in [6.07, 6.45) is 10.7. The van der Waals surface area contributed by atoms with E-state index in [0.717, 1.165) is 76.3 Å². The van der Waals surface area contributed by atoms with Crippen molar-refractivity contribution in [2.24, 2.45) is 0 Å². The van der Waals surface area contributed by atoms with E-state index in [1.165, 1.54) is 0 Å². The van der Waals surface area contributed by atoms with Crippen LogP contribution in [0.25, 0.3) is 12.2 Å². The van der Waals surface area contributed by atoms with Crippen LogP contribution in [0.4, 0.5) is 11.5 Å². The summed E-state index contributed by atoms with van der Waals surface area (Å²) in [4.78, 5) is 21.5. The molecule has 0 bridgehead atoms. The molecule has 0 radical (unpaired) electrons. The minimum Gasteiger partial charge on any atom is -0.460 e. The monoisotopic (exact) mass is 664 g/mol.